The lowest BCUT2D eigenvalue weighted by molar-refractivity contribution is 0.231. The summed E-state index contributed by atoms with van der Waals surface area (Å²) in [5.74, 6) is 0.813. The molecule has 0 spiro atoms. The van der Waals surface area contributed by atoms with Crippen molar-refractivity contribution in [2.24, 2.45) is 4.99 Å². The van der Waals surface area contributed by atoms with E-state index in [0.29, 0.717) is 39.4 Å². The van der Waals surface area contributed by atoms with Crippen molar-refractivity contribution in [3.63, 3.8) is 0 Å². The number of carbonyl (C=O) groups excluding carboxylic acids is 1. The first-order chi connectivity index (χ1) is 15.9. The molecular weight excluding hydrogens is 481 g/mol. The quantitative estimate of drug-likeness (QED) is 0.277. The van der Waals surface area contributed by atoms with Gasteiger partial charge in [0.25, 0.3) is 0 Å². The zero-order chi connectivity index (χ0) is 23.5. The van der Waals surface area contributed by atoms with Crippen molar-refractivity contribution in [1.29, 1.82) is 5.26 Å². The van der Waals surface area contributed by atoms with E-state index in [1.807, 2.05) is 31.2 Å². The van der Waals surface area contributed by atoms with Crippen LogP contribution < -0.4 is 4.74 Å². The third-order valence-electron chi connectivity index (χ3n) is 5.33. The Bertz CT molecular complexity index is 1250. The molecule has 0 aliphatic carbocycles. The van der Waals surface area contributed by atoms with E-state index in [2.05, 4.69) is 6.07 Å². The lowest BCUT2D eigenvalue weighted by Gasteiger charge is -2.28. The molecule has 0 bridgehead atoms. The summed E-state index contributed by atoms with van der Waals surface area (Å²) in [6, 6.07) is 20.7. The van der Waals surface area contributed by atoms with Gasteiger partial charge in [-0.05, 0) is 72.1 Å². The molecule has 1 aliphatic rings. The summed E-state index contributed by atoms with van der Waals surface area (Å²) in [6.07, 6.45) is 0. The first-order valence-electron chi connectivity index (χ1n) is 10.2. The van der Waals surface area contributed by atoms with Gasteiger partial charge in [0.15, 0.2) is 0 Å². The Balaban J connectivity index is 1.91. The highest BCUT2D eigenvalue weighted by molar-refractivity contribution is 6.64. The molecule has 1 aliphatic heterocycles. The van der Waals surface area contributed by atoms with E-state index < -0.39 is 17.5 Å². The summed E-state index contributed by atoms with van der Waals surface area (Å²) >= 11 is 18.3. The first-order valence-corrected chi connectivity index (χ1v) is 11.3. The smallest absolute Gasteiger partial charge is 0.322 e. The fourth-order valence-corrected chi connectivity index (χ4v) is 4.33. The Morgan fingerprint density at radius 2 is 1.64 bits per heavy atom. The summed E-state index contributed by atoms with van der Waals surface area (Å²) < 4.78 is 5.79. The van der Waals surface area contributed by atoms with Crippen LogP contribution in [0, 0.1) is 11.3 Å². The maximum absolute atomic E-state index is 12.8. The normalized spacial score (nSPS) is 17.4. The zero-order valence-electron chi connectivity index (χ0n) is 17.5. The van der Waals surface area contributed by atoms with E-state index >= 15 is 0 Å². The van der Waals surface area contributed by atoms with Crippen LogP contribution in [0.5, 0.6) is 5.75 Å². The zero-order valence-corrected chi connectivity index (χ0v) is 19.8. The average Bonchev–Trinajstić information content (AvgIpc) is 3.21. The van der Waals surface area contributed by atoms with Gasteiger partial charge in [0, 0.05) is 10.0 Å². The van der Waals surface area contributed by atoms with Crippen LogP contribution in [-0.2, 0) is 0 Å². The molecule has 4 rings (SSSR count). The minimum Gasteiger partial charge on any atom is -0.493 e. The largest absolute Gasteiger partial charge is 0.493 e. The number of hydrogen-bond acceptors (Lipinski definition) is 4. The Morgan fingerprint density at radius 1 is 1.03 bits per heavy atom. The molecule has 33 heavy (non-hydrogen) atoms. The number of nitrogens with zero attached hydrogens (tertiary/aromatic N) is 3. The van der Waals surface area contributed by atoms with Crippen LogP contribution in [0.3, 0.4) is 0 Å². The highest BCUT2D eigenvalue weighted by Gasteiger charge is 2.42. The van der Waals surface area contributed by atoms with Crippen LogP contribution in [0.4, 0.5) is 4.79 Å². The summed E-state index contributed by atoms with van der Waals surface area (Å²) in [6.45, 7) is 2.22. The van der Waals surface area contributed by atoms with Crippen molar-refractivity contribution in [1.82, 2.24) is 4.90 Å². The topological polar surface area (TPSA) is 65.7 Å². The number of halogens is 3. The fourth-order valence-electron chi connectivity index (χ4n) is 3.89. The lowest BCUT2D eigenvalue weighted by Crippen LogP contribution is -2.34. The van der Waals surface area contributed by atoms with Crippen LogP contribution in [-0.4, -0.2) is 22.7 Å². The van der Waals surface area contributed by atoms with Gasteiger partial charge in [-0.15, -0.1) is 0 Å². The summed E-state index contributed by atoms with van der Waals surface area (Å²) in [7, 11) is 0. The van der Waals surface area contributed by atoms with Gasteiger partial charge in [0.1, 0.15) is 17.6 Å². The number of hydrogen-bond donors (Lipinski definition) is 0. The molecule has 1 heterocycles. The van der Waals surface area contributed by atoms with E-state index in [1.54, 1.807) is 42.5 Å². The Kier molecular flexibility index (Phi) is 6.90. The molecule has 0 unspecified atom stereocenters. The van der Waals surface area contributed by atoms with Gasteiger partial charge in [-0.2, -0.15) is 5.26 Å². The molecule has 0 aromatic heterocycles. The van der Waals surface area contributed by atoms with Gasteiger partial charge >= 0.3 is 5.37 Å². The minimum atomic E-state index is -0.683. The van der Waals surface area contributed by atoms with Gasteiger partial charge in [-0.3, -0.25) is 14.7 Å². The minimum absolute atomic E-state index is 0.364. The molecular formula is C25H18Cl3N3O2. The van der Waals surface area contributed by atoms with Crippen LogP contribution in [0.2, 0.25) is 10.0 Å². The van der Waals surface area contributed by atoms with Gasteiger partial charge in [0.05, 0.1) is 29.8 Å². The number of rotatable bonds is 5. The standard InChI is InChI=1S/C25H18Cl3N3O2/c1-2-33-21-13-15(14-29)3-12-20(21)24-30-22(16-4-8-18(26)9-5-16)23(31(24)25(28)32)17-6-10-19(27)11-7-17/h3-13,22-23H,2H2,1H3/t22-,23+/m1/s1. The van der Waals surface area contributed by atoms with Gasteiger partial charge in [0.2, 0.25) is 0 Å². The number of amidine groups is 1. The summed E-state index contributed by atoms with van der Waals surface area (Å²) in [5, 5.41) is 9.80. The Labute approximate surface area is 206 Å². The van der Waals surface area contributed by atoms with Gasteiger partial charge in [-0.25, -0.2) is 0 Å². The summed E-state index contributed by atoms with van der Waals surface area (Å²) in [5.41, 5.74) is 2.69. The second-order valence-electron chi connectivity index (χ2n) is 7.32. The molecule has 0 saturated carbocycles. The Morgan fingerprint density at radius 3 is 2.18 bits per heavy atom. The molecule has 3 aromatic rings. The molecule has 0 saturated heterocycles. The monoisotopic (exact) mass is 497 g/mol. The van der Waals surface area contributed by atoms with Crippen molar-refractivity contribution >= 4 is 46.0 Å². The fraction of sp³-hybridized carbons (Fsp3) is 0.160. The van der Waals surface area contributed by atoms with Crippen molar-refractivity contribution in [2.75, 3.05) is 6.61 Å². The maximum Gasteiger partial charge on any atom is 0.322 e. The highest BCUT2D eigenvalue weighted by Crippen LogP contribution is 2.45. The average molecular weight is 499 g/mol. The molecule has 0 N–H and O–H groups in total. The first kappa shape index (κ1) is 23.1. The van der Waals surface area contributed by atoms with Crippen molar-refractivity contribution < 1.29 is 9.53 Å². The second-order valence-corrected chi connectivity index (χ2v) is 8.52. The molecule has 8 heteroatoms. The van der Waals surface area contributed by atoms with Crippen LogP contribution >= 0.6 is 34.8 Å². The number of aliphatic imine (C=N–C) groups is 1. The SMILES string of the molecule is CCOc1cc(C#N)ccc1C1=N[C@H](c2ccc(Cl)cc2)[C@H](c2ccc(Cl)cc2)N1C(=O)Cl. The molecule has 1 amide bonds. The molecule has 5 nitrogen and oxygen atoms in total. The van der Waals surface area contributed by atoms with Crippen LogP contribution in [0.25, 0.3) is 0 Å². The third kappa shape index (κ3) is 4.69. The van der Waals surface area contributed by atoms with E-state index in [0.717, 1.165) is 11.1 Å². The van der Waals surface area contributed by atoms with Crippen molar-refractivity contribution in [3.05, 3.63) is 99.0 Å². The number of nitriles is 1. The molecule has 0 radical (unpaired) electrons. The van der Waals surface area contributed by atoms with Crippen molar-refractivity contribution in [3.8, 4) is 11.8 Å². The number of carbonyl (C=O) groups is 1. The molecule has 3 aromatic carbocycles. The molecule has 166 valence electrons. The van der Waals surface area contributed by atoms with Gasteiger partial charge < -0.3 is 4.74 Å². The molecule has 2 atom stereocenters. The number of ether oxygens (including phenoxy) is 1. The number of benzene rings is 3. The predicted molar refractivity (Wildman–Crippen MR) is 130 cm³/mol. The molecule has 0 fully saturated rings. The third-order valence-corrected chi connectivity index (χ3v) is 6.02. The maximum atomic E-state index is 12.8. The lowest BCUT2D eigenvalue weighted by atomic mass is 9.94. The second kappa shape index (κ2) is 9.84. The van der Waals surface area contributed by atoms with E-state index in [9.17, 15) is 10.1 Å². The van der Waals surface area contributed by atoms with E-state index in [1.165, 1.54) is 4.90 Å². The van der Waals surface area contributed by atoms with E-state index in [-0.39, 0.29) is 0 Å². The van der Waals surface area contributed by atoms with E-state index in [4.69, 9.17) is 44.5 Å². The predicted octanol–water partition coefficient (Wildman–Crippen LogP) is 7.17. The van der Waals surface area contributed by atoms with Crippen molar-refractivity contribution in [2.45, 2.75) is 19.0 Å². The summed E-state index contributed by atoms with van der Waals surface area (Å²) in [4.78, 5) is 19.2. The van der Waals surface area contributed by atoms with Crippen LogP contribution in [0.15, 0.2) is 71.7 Å². The van der Waals surface area contributed by atoms with Crippen LogP contribution in [0.1, 0.15) is 41.3 Å². The highest BCUT2D eigenvalue weighted by atomic mass is 35.5. The Hall–Kier alpha value is -3.04. The van der Waals surface area contributed by atoms with Gasteiger partial charge in [-0.1, -0.05) is 47.5 Å². The number of amides is 1.